The Morgan fingerprint density at radius 3 is 2.56 bits per heavy atom. The lowest BCUT2D eigenvalue weighted by Gasteiger charge is -2.34. The molecule has 1 aliphatic heterocycles. The molecular weight excluding hydrogens is 238 g/mol. The Hall–Kier alpha value is -1.92. The van der Waals surface area contributed by atoms with E-state index in [1.165, 1.54) is 13.8 Å². The van der Waals surface area contributed by atoms with Crippen molar-refractivity contribution >= 4 is 23.8 Å². The summed E-state index contributed by atoms with van der Waals surface area (Å²) in [6, 6.07) is -0.676. The molecule has 0 radical (unpaired) electrons. The summed E-state index contributed by atoms with van der Waals surface area (Å²) in [6.45, 7) is 2.49. The van der Waals surface area contributed by atoms with Gasteiger partial charge < -0.3 is 5.32 Å². The van der Waals surface area contributed by atoms with Crippen LogP contribution in [0.4, 0.5) is 4.79 Å². The van der Waals surface area contributed by atoms with Crippen LogP contribution in [0.5, 0.6) is 0 Å². The van der Waals surface area contributed by atoms with E-state index >= 15 is 0 Å². The largest absolute Gasteiger partial charge is 0.352 e. The van der Waals surface area contributed by atoms with Gasteiger partial charge >= 0.3 is 6.03 Å². The molecule has 2 N–H and O–H groups in total. The van der Waals surface area contributed by atoms with E-state index in [9.17, 15) is 19.2 Å². The van der Waals surface area contributed by atoms with Gasteiger partial charge in [0.2, 0.25) is 17.7 Å². The molecule has 7 heteroatoms. The summed E-state index contributed by atoms with van der Waals surface area (Å²) in [6.07, 6.45) is 1.85. The van der Waals surface area contributed by atoms with Crippen molar-refractivity contribution in [1.82, 2.24) is 15.5 Å². The van der Waals surface area contributed by atoms with E-state index in [1.807, 2.05) is 0 Å². The second kappa shape index (κ2) is 4.08. The topological polar surface area (TPSA) is 95.6 Å². The van der Waals surface area contributed by atoms with Gasteiger partial charge in [-0.2, -0.15) is 0 Å². The number of urea groups is 1. The molecule has 98 valence electrons. The molecule has 0 unspecified atom stereocenters. The van der Waals surface area contributed by atoms with Crippen LogP contribution in [0, 0.1) is 5.41 Å². The van der Waals surface area contributed by atoms with Crippen LogP contribution in [0.25, 0.3) is 0 Å². The molecule has 1 heterocycles. The maximum Gasteiger partial charge on any atom is 0.331 e. The lowest BCUT2D eigenvalue weighted by molar-refractivity contribution is -0.150. The number of carbonyl (C=O) groups is 4. The van der Waals surface area contributed by atoms with Crippen molar-refractivity contribution in [3.05, 3.63) is 0 Å². The van der Waals surface area contributed by atoms with Crippen LogP contribution in [0.2, 0.25) is 0 Å². The van der Waals surface area contributed by atoms with Crippen molar-refractivity contribution in [2.75, 3.05) is 6.54 Å². The summed E-state index contributed by atoms with van der Waals surface area (Å²) < 4.78 is 0. The van der Waals surface area contributed by atoms with Crippen LogP contribution in [0.15, 0.2) is 0 Å². The molecule has 0 aromatic rings. The number of nitrogens with zero attached hydrogens (tertiary/aromatic N) is 1. The summed E-state index contributed by atoms with van der Waals surface area (Å²) in [4.78, 5) is 47.3. The van der Waals surface area contributed by atoms with Gasteiger partial charge in [-0.05, 0) is 26.7 Å². The molecule has 7 nitrogen and oxygen atoms in total. The zero-order valence-electron chi connectivity index (χ0n) is 10.3. The van der Waals surface area contributed by atoms with Gasteiger partial charge in [0, 0.05) is 6.04 Å². The van der Waals surface area contributed by atoms with Crippen LogP contribution < -0.4 is 10.6 Å². The first-order valence-electron chi connectivity index (χ1n) is 5.79. The van der Waals surface area contributed by atoms with Crippen molar-refractivity contribution in [2.45, 2.75) is 32.7 Å². The van der Waals surface area contributed by atoms with Gasteiger partial charge in [-0.1, -0.05) is 0 Å². The van der Waals surface area contributed by atoms with Gasteiger partial charge in [0.25, 0.3) is 0 Å². The number of imide groups is 2. The van der Waals surface area contributed by atoms with Gasteiger partial charge in [-0.15, -0.1) is 0 Å². The minimum absolute atomic E-state index is 0.162. The van der Waals surface area contributed by atoms with E-state index in [1.54, 1.807) is 0 Å². The Morgan fingerprint density at radius 1 is 1.39 bits per heavy atom. The molecule has 1 aliphatic carbocycles. The highest BCUT2D eigenvalue weighted by Gasteiger charge is 2.47. The first-order chi connectivity index (χ1) is 8.32. The molecule has 0 bridgehead atoms. The van der Waals surface area contributed by atoms with E-state index < -0.39 is 23.3 Å². The number of nitrogens with one attached hydrogen (secondary N) is 2. The molecule has 5 amide bonds. The molecule has 0 aromatic carbocycles. The monoisotopic (exact) mass is 253 g/mol. The second-order valence-corrected chi connectivity index (χ2v) is 5.12. The fraction of sp³-hybridized carbons (Fsp3) is 0.636. The molecule has 2 aliphatic rings. The van der Waals surface area contributed by atoms with E-state index in [0.717, 1.165) is 17.7 Å². The number of hydrogen-bond donors (Lipinski definition) is 2. The summed E-state index contributed by atoms with van der Waals surface area (Å²) >= 11 is 0. The average molecular weight is 253 g/mol. The van der Waals surface area contributed by atoms with Crippen LogP contribution in [0.1, 0.15) is 26.7 Å². The highest BCUT2D eigenvalue weighted by Crippen LogP contribution is 2.23. The highest BCUT2D eigenvalue weighted by molar-refractivity contribution is 6.19. The molecular formula is C11H15N3O4. The van der Waals surface area contributed by atoms with Gasteiger partial charge in [0.1, 0.15) is 12.0 Å². The van der Waals surface area contributed by atoms with E-state index in [4.69, 9.17) is 0 Å². The number of hydrogen-bond acceptors (Lipinski definition) is 4. The maximum atomic E-state index is 12.0. The van der Waals surface area contributed by atoms with Gasteiger partial charge in [0.05, 0.1) is 0 Å². The Bertz CT molecular complexity index is 440. The first kappa shape index (κ1) is 12.5. The third-order valence-corrected chi connectivity index (χ3v) is 3.06. The Kier molecular flexibility index (Phi) is 2.84. The van der Waals surface area contributed by atoms with Gasteiger partial charge in [-0.25, -0.2) is 4.79 Å². The lowest BCUT2D eigenvalue weighted by Crippen LogP contribution is -2.63. The van der Waals surface area contributed by atoms with Crippen molar-refractivity contribution in [2.24, 2.45) is 5.41 Å². The molecule has 1 saturated carbocycles. The van der Waals surface area contributed by atoms with E-state index in [-0.39, 0.29) is 18.5 Å². The molecule has 0 aromatic heterocycles. The highest BCUT2D eigenvalue weighted by atomic mass is 16.2. The number of carbonyl (C=O) groups excluding carboxylic acids is 4. The Morgan fingerprint density at radius 2 is 2.00 bits per heavy atom. The second-order valence-electron chi connectivity index (χ2n) is 5.12. The predicted octanol–water partition coefficient (Wildman–Crippen LogP) is -0.630. The number of barbiturate groups is 1. The van der Waals surface area contributed by atoms with Crippen LogP contribution in [-0.4, -0.2) is 41.2 Å². The molecule has 2 rings (SSSR count). The van der Waals surface area contributed by atoms with Crippen LogP contribution in [-0.2, 0) is 14.4 Å². The molecule has 2 fully saturated rings. The minimum Gasteiger partial charge on any atom is -0.352 e. The first-order valence-corrected chi connectivity index (χ1v) is 5.79. The van der Waals surface area contributed by atoms with Crippen molar-refractivity contribution in [3.8, 4) is 0 Å². The minimum atomic E-state index is -1.33. The molecule has 0 spiro atoms. The van der Waals surface area contributed by atoms with Crippen molar-refractivity contribution in [3.63, 3.8) is 0 Å². The van der Waals surface area contributed by atoms with Gasteiger partial charge in [0.15, 0.2) is 0 Å². The summed E-state index contributed by atoms with van der Waals surface area (Å²) in [5, 5.41) is 4.75. The lowest BCUT2D eigenvalue weighted by atomic mass is 9.89. The normalized spacial score (nSPS) is 22.8. The van der Waals surface area contributed by atoms with Gasteiger partial charge in [-0.3, -0.25) is 24.6 Å². The smallest absolute Gasteiger partial charge is 0.331 e. The zero-order chi connectivity index (χ0) is 13.5. The standard InChI is InChI=1S/C11H15N3O4/c1-11(2)8(16)13-10(18)14(9(11)17)5-7(15)12-6-3-4-6/h6H,3-5H2,1-2H3,(H,12,15)(H,13,16,18). The fourth-order valence-electron chi connectivity index (χ4n) is 1.64. The zero-order valence-corrected chi connectivity index (χ0v) is 10.3. The SMILES string of the molecule is CC1(C)C(=O)NC(=O)N(CC(=O)NC2CC2)C1=O. The average Bonchev–Trinajstić information content (AvgIpc) is 3.06. The Labute approximate surface area is 104 Å². The van der Waals surface area contributed by atoms with E-state index in [0.29, 0.717) is 0 Å². The molecule has 1 saturated heterocycles. The van der Waals surface area contributed by atoms with Crippen molar-refractivity contribution < 1.29 is 19.2 Å². The number of amides is 5. The third-order valence-electron chi connectivity index (χ3n) is 3.06. The summed E-state index contributed by atoms with van der Waals surface area (Å²) in [5.41, 5.74) is -1.33. The molecule has 18 heavy (non-hydrogen) atoms. The van der Waals surface area contributed by atoms with Crippen LogP contribution in [0.3, 0.4) is 0 Å². The summed E-state index contributed by atoms with van der Waals surface area (Å²) in [7, 11) is 0. The number of rotatable bonds is 3. The summed E-state index contributed by atoms with van der Waals surface area (Å²) in [5.74, 6) is -1.68. The third kappa shape index (κ3) is 2.20. The van der Waals surface area contributed by atoms with E-state index in [2.05, 4.69) is 10.6 Å². The quantitative estimate of drug-likeness (QED) is 0.654. The maximum absolute atomic E-state index is 12.0. The fourth-order valence-corrected chi connectivity index (χ4v) is 1.64. The Balaban J connectivity index is 2.05. The predicted molar refractivity (Wildman–Crippen MR) is 60.2 cm³/mol. The van der Waals surface area contributed by atoms with Crippen molar-refractivity contribution in [1.29, 1.82) is 0 Å². The van der Waals surface area contributed by atoms with Crippen LogP contribution >= 0.6 is 0 Å². The molecule has 0 atom stereocenters.